The molecule has 2 nitrogen and oxygen atoms in total. The summed E-state index contributed by atoms with van der Waals surface area (Å²) in [5.41, 5.74) is 1.69. The summed E-state index contributed by atoms with van der Waals surface area (Å²) in [4.78, 5) is 5.11. The zero-order valence-electron chi connectivity index (χ0n) is 17.1. The van der Waals surface area contributed by atoms with Crippen molar-refractivity contribution in [3.63, 3.8) is 0 Å². The van der Waals surface area contributed by atoms with Gasteiger partial charge in [0.15, 0.2) is 0 Å². The zero-order valence-corrected chi connectivity index (χ0v) is 20.4. The molecule has 0 aliphatic heterocycles. The van der Waals surface area contributed by atoms with Crippen molar-refractivity contribution < 1.29 is 4.42 Å². The zero-order chi connectivity index (χ0) is 22.0. The summed E-state index contributed by atoms with van der Waals surface area (Å²) < 4.78 is 6.91. The molecule has 0 aliphatic carbocycles. The molecule has 32 heavy (non-hydrogen) atoms. The number of aromatic nitrogens is 1. The van der Waals surface area contributed by atoms with E-state index in [9.17, 15) is 0 Å². The van der Waals surface area contributed by atoms with E-state index >= 15 is 0 Å². The molecule has 0 saturated carbocycles. The van der Waals surface area contributed by atoms with E-state index in [2.05, 4.69) is 88.8 Å². The first kappa shape index (κ1) is 21.2. The minimum absolute atomic E-state index is 0.520. The maximum atomic E-state index is 6.48. The van der Waals surface area contributed by atoms with Crippen LogP contribution < -0.4 is 26.0 Å². The van der Waals surface area contributed by atoms with Crippen LogP contribution >= 0.6 is 18.9 Å². The molecule has 5 aromatic rings. The molecule has 0 fully saturated rings. The van der Waals surface area contributed by atoms with Crippen molar-refractivity contribution in [3.05, 3.63) is 120 Å². The van der Waals surface area contributed by atoms with Gasteiger partial charge in [-0.15, -0.1) is 0 Å². The molecule has 1 heterocycles. The average molecular weight is 519 g/mol. The molecule has 0 aliphatic rings. The summed E-state index contributed by atoms with van der Waals surface area (Å²) in [6.45, 7) is 0. The molecule has 0 saturated heterocycles. The van der Waals surface area contributed by atoms with Gasteiger partial charge >= 0.3 is 202 Å². The predicted molar refractivity (Wildman–Crippen MR) is 137 cm³/mol. The number of nitrogens with zero attached hydrogens (tertiary/aromatic N) is 1. The Labute approximate surface area is 201 Å². The second kappa shape index (κ2) is 9.06. The SMILES string of the molecule is Clc1ccccc1-c1nc([P+](c2ccccc2)(c2ccccc2)c2ccccc2)c([Se-])o1. The van der Waals surface area contributed by atoms with Crippen LogP contribution in [0.4, 0.5) is 0 Å². The van der Waals surface area contributed by atoms with Crippen LogP contribution in [-0.4, -0.2) is 21.0 Å². The van der Waals surface area contributed by atoms with Crippen molar-refractivity contribution in [3.8, 4) is 11.5 Å². The maximum absolute atomic E-state index is 6.48. The summed E-state index contributed by atoms with van der Waals surface area (Å²) in [5.74, 6) is 0.520. The molecule has 0 bridgehead atoms. The molecular formula is C27H19ClNOPSe. The molecule has 0 unspecified atom stereocenters. The molecular weight excluding hydrogens is 500 g/mol. The first-order valence-corrected chi connectivity index (χ1v) is 13.2. The number of halogens is 1. The van der Waals surface area contributed by atoms with Gasteiger partial charge in [-0.25, -0.2) is 0 Å². The molecule has 4 aromatic carbocycles. The fourth-order valence-corrected chi connectivity index (χ4v) is 9.42. The number of hydrogen-bond donors (Lipinski definition) is 0. The molecule has 5 heteroatoms. The summed E-state index contributed by atoms with van der Waals surface area (Å²) in [5, 5.41) is 4.26. The van der Waals surface area contributed by atoms with Crippen LogP contribution in [0.2, 0.25) is 5.02 Å². The molecule has 0 spiro atoms. The molecule has 1 aromatic heterocycles. The van der Waals surface area contributed by atoms with Crippen LogP contribution in [0, 0.1) is 0 Å². The molecule has 0 amide bonds. The Hall–Kier alpha value is -2.67. The van der Waals surface area contributed by atoms with Gasteiger partial charge < -0.3 is 0 Å². The first-order valence-electron chi connectivity index (χ1n) is 10.2. The summed E-state index contributed by atoms with van der Waals surface area (Å²) >= 11 is 9.63. The summed E-state index contributed by atoms with van der Waals surface area (Å²) in [7, 11) is -2.34. The van der Waals surface area contributed by atoms with Crippen LogP contribution in [0.5, 0.6) is 0 Å². The van der Waals surface area contributed by atoms with E-state index in [0.29, 0.717) is 15.6 Å². The van der Waals surface area contributed by atoms with Crippen molar-refractivity contribution in [1.29, 1.82) is 0 Å². The van der Waals surface area contributed by atoms with E-state index in [4.69, 9.17) is 21.0 Å². The standard InChI is InChI=1S/C27H19ClNOPSe/c28-24-19-11-10-18-23(24)25-29-26(27(32)30-25)31(20-12-4-1-5-13-20,21-14-6-2-7-15-21)22-16-8-3-9-17-22/h1-19H. The van der Waals surface area contributed by atoms with E-state index in [0.717, 1.165) is 11.0 Å². The molecule has 0 N–H and O–H groups in total. The van der Waals surface area contributed by atoms with E-state index in [-0.39, 0.29) is 0 Å². The third-order valence-corrected chi connectivity index (χ3v) is 10.8. The quantitative estimate of drug-likeness (QED) is 0.255. The van der Waals surface area contributed by atoms with Gasteiger partial charge in [0.25, 0.3) is 0 Å². The van der Waals surface area contributed by atoms with Crippen molar-refractivity contribution in [2.75, 3.05) is 0 Å². The van der Waals surface area contributed by atoms with Crippen LogP contribution in [0.3, 0.4) is 0 Å². The molecule has 0 radical (unpaired) electrons. The van der Waals surface area contributed by atoms with Gasteiger partial charge in [0, 0.05) is 0 Å². The molecule has 156 valence electrons. The molecule has 0 atom stereocenters. The number of oxazole rings is 1. The van der Waals surface area contributed by atoms with Gasteiger partial charge in [-0.1, -0.05) is 0 Å². The summed E-state index contributed by atoms with van der Waals surface area (Å²) in [6, 6.07) is 39.5. The second-order valence-corrected chi connectivity index (χ2v) is 11.8. The minimum atomic E-state index is -2.34. The Bertz CT molecular complexity index is 1240. The fourth-order valence-electron chi connectivity index (χ4n) is 4.03. The monoisotopic (exact) mass is 519 g/mol. The second-order valence-electron chi connectivity index (χ2n) is 7.29. The average Bonchev–Trinajstić information content (AvgIpc) is 3.23. The van der Waals surface area contributed by atoms with Crippen LogP contribution in [0.25, 0.3) is 11.5 Å². The Morgan fingerprint density at radius 1 is 0.625 bits per heavy atom. The third-order valence-electron chi connectivity index (χ3n) is 5.43. The number of benzene rings is 4. The van der Waals surface area contributed by atoms with Gasteiger partial charge in [0.05, 0.1) is 0 Å². The Morgan fingerprint density at radius 3 is 1.53 bits per heavy atom. The summed E-state index contributed by atoms with van der Waals surface area (Å²) in [6.07, 6.45) is 0. The Kier molecular flexibility index (Phi) is 6.00. The van der Waals surface area contributed by atoms with Crippen LogP contribution in [0.15, 0.2) is 120 Å². The van der Waals surface area contributed by atoms with Gasteiger partial charge in [-0.05, 0) is 0 Å². The van der Waals surface area contributed by atoms with Gasteiger partial charge in [-0.2, -0.15) is 0 Å². The Morgan fingerprint density at radius 2 is 1.06 bits per heavy atom. The van der Waals surface area contributed by atoms with Crippen molar-refractivity contribution in [1.82, 2.24) is 4.98 Å². The normalized spacial score (nSPS) is 11.4. The van der Waals surface area contributed by atoms with Gasteiger partial charge in [0.2, 0.25) is 0 Å². The van der Waals surface area contributed by atoms with E-state index in [1.165, 1.54) is 15.9 Å². The van der Waals surface area contributed by atoms with Gasteiger partial charge in [0.1, 0.15) is 0 Å². The number of rotatable bonds is 5. The Balaban J connectivity index is 1.87. The van der Waals surface area contributed by atoms with E-state index in [1.54, 1.807) is 0 Å². The van der Waals surface area contributed by atoms with Crippen LogP contribution in [-0.2, 0) is 0 Å². The predicted octanol–water partition coefficient (Wildman–Crippen LogP) is 4.41. The van der Waals surface area contributed by atoms with Crippen molar-refractivity contribution in [2.45, 2.75) is 0 Å². The van der Waals surface area contributed by atoms with Gasteiger partial charge in [-0.3, -0.25) is 0 Å². The van der Waals surface area contributed by atoms with Crippen molar-refractivity contribution in [2.24, 2.45) is 0 Å². The van der Waals surface area contributed by atoms with E-state index in [1.807, 2.05) is 42.5 Å². The van der Waals surface area contributed by atoms with Crippen molar-refractivity contribution >= 4 is 60.9 Å². The third kappa shape index (κ3) is 3.62. The fraction of sp³-hybridized carbons (Fsp3) is 0. The van der Waals surface area contributed by atoms with E-state index < -0.39 is 7.26 Å². The van der Waals surface area contributed by atoms with Crippen LogP contribution in [0.1, 0.15) is 0 Å². The molecule has 5 rings (SSSR count). The first-order chi connectivity index (χ1) is 15.7. The topological polar surface area (TPSA) is 26.0 Å². The number of hydrogen-bond acceptors (Lipinski definition) is 2.